The van der Waals surface area contributed by atoms with Crippen molar-refractivity contribution in [1.29, 1.82) is 5.26 Å². The van der Waals surface area contributed by atoms with E-state index >= 15 is 0 Å². The van der Waals surface area contributed by atoms with Crippen molar-refractivity contribution in [2.45, 2.75) is 37.6 Å². The van der Waals surface area contributed by atoms with Gasteiger partial charge in [-0.3, -0.25) is 4.79 Å². The Morgan fingerprint density at radius 1 is 1.43 bits per heavy atom. The standard InChI is InChI=1S/C17H20N2O2/c1-19(17(12-18)9-4-10-17)16(20)14-5-2-3-6-15(14)21-11-13-7-8-13/h2-3,5-6,13H,4,7-11H2,1H3. The Bertz CT molecular complexity index is 583. The Balaban J connectivity index is 1.78. The molecule has 0 atom stereocenters. The molecule has 4 nitrogen and oxygen atoms in total. The van der Waals surface area contributed by atoms with Crippen LogP contribution in [0.1, 0.15) is 42.5 Å². The van der Waals surface area contributed by atoms with E-state index in [0.29, 0.717) is 23.8 Å². The highest BCUT2D eigenvalue weighted by Crippen LogP contribution is 2.38. The van der Waals surface area contributed by atoms with Gasteiger partial charge in [-0.1, -0.05) is 12.1 Å². The molecule has 2 fully saturated rings. The summed E-state index contributed by atoms with van der Waals surface area (Å²) in [5, 5.41) is 9.38. The average molecular weight is 284 g/mol. The van der Waals surface area contributed by atoms with Crippen molar-refractivity contribution in [3.63, 3.8) is 0 Å². The molecule has 1 aromatic carbocycles. The van der Waals surface area contributed by atoms with Gasteiger partial charge in [0.15, 0.2) is 0 Å². The third kappa shape index (κ3) is 2.61. The van der Waals surface area contributed by atoms with E-state index in [2.05, 4.69) is 6.07 Å². The number of nitriles is 1. The summed E-state index contributed by atoms with van der Waals surface area (Å²) in [6.45, 7) is 0.678. The van der Waals surface area contributed by atoms with Gasteiger partial charge < -0.3 is 9.64 Å². The highest BCUT2D eigenvalue weighted by atomic mass is 16.5. The van der Waals surface area contributed by atoms with Gasteiger partial charge in [0.2, 0.25) is 0 Å². The summed E-state index contributed by atoms with van der Waals surface area (Å²) in [6.07, 6.45) is 4.96. The van der Waals surface area contributed by atoms with Crippen LogP contribution in [0.4, 0.5) is 0 Å². The summed E-state index contributed by atoms with van der Waals surface area (Å²) in [7, 11) is 1.72. The third-order valence-electron chi connectivity index (χ3n) is 4.62. The zero-order chi connectivity index (χ0) is 14.9. The van der Waals surface area contributed by atoms with Gasteiger partial charge in [-0.2, -0.15) is 5.26 Å². The van der Waals surface area contributed by atoms with Crippen LogP contribution in [0.25, 0.3) is 0 Å². The molecule has 2 aliphatic rings. The van der Waals surface area contributed by atoms with Gasteiger partial charge in [0.25, 0.3) is 5.91 Å². The van der Waals surface area contributed by atoms with E-state index in [1.54, 1.807) is 18.0 Å². The maximum atomic E-state index is 12.7. The van der Waals surface area contributed by atoms with Crippen LogP contribution in [-0.4, -0.2) is 30.0 Å². The summed E-state index contributed by atoms with van der Waals surface area (Å²) in [5.41, 5.74) is -0.0667. The summed E-state index contributed by atoms with van der Waals surface area (Å²) >= 11 is 0. The number of ether oxygens (including phenoxy) is 1. The molecule has 0 heterocycles. The van der Waals surface area contributed by atoms with Crippen LogP contribution >= 0.6 is 0 Å². The normalized spacial score (nSPS) is 19.2. The molecule has 2 saturated carbocycles. The minimum atomic E-state index is -0.624. The van der Waals surface area contributed by atoms with Crippen LogP contribution in [0.15, 0.2) is 24.3 Å². The van der Waals surface area contributed by atoms with Crippen molar-refractivity contribution in [3.05, 3.63) is 29.8 Å². The average Bonchev–Trinajstić information content (AvgIpc) is 3.28. The van der Waals surface area contributed by atoms with Crippen molar-refractivity contribution < 1.29 is 9.53 Å². The minimum Gasteiger partial charge on any atom is -0.492 e. The molecule has 0 bridgehead atoms. The first-order chi connectivity index (χ1) is 10.2. The first kappa shape index (κ1) is 13.9. The molecule has 0 saturated heterocycles. The summed E-state index contributed by atoms with van der Waals surface area (Å²) in [6, 6.07) is 9.64. The van der Waals surface area contributed by atoms with Crippen molar-refractivity contribution in [2.24, 2.45) is 5.92 Å². The molecular weight excluding hydrogens is 264 g/mol. The minimum absolute atomic E-state index is 0.123. The van der Waals surface area contributed by atoms with Gasteiger partial charge in [0, 0.05) is 7.05 Å². The Kier molecular flexibility index (Phi) is 3.59. The predicted molar refractivity (Wildman–Crippen MR) is 78.9 cm³/mol. The number of nitrogens with zero attached hydrogens (tertiary/aromatic N) is 2. The molecule has 4 heteroatoms. The Hall–Kier alpha value is -2.02. The van der Waals surface area contributed by atoms with E-state index < -0.39 is 5.54 Å². The second-order valence-corrected chi connectivity index (χ2v) is 6.11. The summed E-state index contributed by atoms with van der Waals surface area (Å²) in [5.74, 6) is 1.15. The maximum Gasteiger partial charge on any atom is 0.258 e. The van der Waals surface area contributed by atoms with E-state index in [4.69, 9.17) is 4.74 Å². The zero-order valence-corrected chi connectivity index (χ0v) is 12.3. The van der Waals surface area contributed by atoms with Crippen LogP contribution in [0.3, 0.4) is 0 Å². The highest BCUT2D eigenvalue weighted by Gasteiger charge is 2.44. The van der Waals surface area contributed by atoms with E-state index in [9.17, 15) is 10.1 Å². The number of rotatable bonds is 5. The fraction of sp³-hybridized carbons (Fsp3) is 0.529. The summed E-state index contributed by atoms with van der Waals surface area (Å²) in [4.78, 5) is 14.3. The quantitative estimate of drug-likeness (QED) is 0.835. The third-order valence-corrected chi connectivity index (χ3v) is 4.62. The number of benzene rings is 1. The van der Waals surface area contributed by atoms with Crippen LogP contribution in [-0.2, 0) is 0 Å². The van der Waals surface area contributed by atoms with Crippen LogP contribution in [0.2, 0.25) is 0 Å². The van der Waals surface area contributed by atoms with Gasteiger partial charge >= 0.3 is 0 Å². The van der Waals surface area contributed by atoms with E-state index in [1.165, 1.54) is 12.8 Å². The van der Waals surface area contributed by atoms with Crippen molar-refractivity contribution in [2.75, 3.05) is 13.7 Å². The Morgan fingerprint density at radius 2 is 2.14 bits per heavy atom. The molecule has 0 aliphatic heterocycles. The predicted octanol–water partition coefficient (Wildman–Crippen LogP) is 2.99. The molecule has 0 radical (unpaired) electrons. The second-order valence-electron chi connectivity index (χ2n) is 6.11. The molecular formula is C17H20N2O2. The lowest BCUT2D eigenvalue weighted by Crippen LogP contribution is -2.53. The maximum absolute atomic E-state index is 12.7. The molecule has 0 aromatic heterocycles. The lowest BCUT2D eigenvalue weighted by atomic mass is 9.76. The molecule has 0 unspecified atom stereocenters. The molecule has 3 rings (SSSR count). The van der Waals surface area contributed by atoms with Crippen LogP contribution < -0.4 is 4.74 Å². The van der Waals surface area contributed by atoms with Gasteiger partial charge in [-0.25, -0.2) is 0 Å². The number of carbonyl (C=O) groups excluding carboxylic acids is 1. The molecule has 0 spiro atoms. The van der Waals surface area contributed by atoms with Crippen LogP contribution in [0, 0.1) is 17.2 Å². The highest BCUT2D eigenvalue weighted by molar-refractivity contribution is 5.97. The first-order valence-electron chi connectivity index (χ1n) is 7.57. The molecule has 110 valence electrons. The fourth-order valence-electron chi connectivity index (χ4n) is 2.67. The molecule has 2 aliphatic carbocycles. The van der Waals surface area contributed by atoms with Gasteiger partial charge in [0.05, 0.1) is 18.2 Å². The molecule has 21 heavy (non-hydrogen) atoms. The van der Waals surface area contributed by atoms with Crippen molar-refractivity contribution in [1.82, 2.24) is 4.90 Å². The Labute approximate surface area is 125 Å². The fourth-order valence-corrected chi connectivity index (χ4v) is 2.67. The molecule has 1 amide bonds. The lowest BCUT2D eigenvalue weighted by Gasteiger charge is -2.43. The zero-order valence-electron chi connectivity index (χ0n) is 12.3. The van der Waals surface area contributed by atoms with Crippen LogP contribution in [0.5, 0.6) is 5.75 Å². The number of amides is 1. The van der Waals surface area contributed by atoms with E-state index in [0.717, 1.165) is 19.3 Å². The molecule has 1 aromatic rings. The lowest BCUT2D eigenvalue weighted by molar-refractivity contribution is 0.0493. The topological polar surface area (TPSA) is 53.3 Å². The second kappa shape index (κ2) is 5.40. The number of carbonyl (C=O) groups is 1. The Morgan fingerprint density at radius 3 is 2.71 bits per heavy atom. The van der Waals surface area contributed by atoms with Gasteiger partial charge in [-0.15, -0.1) is 0 Å². The van der Waals surface area contributed by atoms with E-state index in [1.807, 2.05) is 18.2 Å². The SMILES string of the molecule is CN(C(=O)c1ccccc1OCC1CC1)C1(C#N)CCC1. The molecule has 0 N–H and O–H groups in total. The van der Waals surface area contributed by atoms with Crippen molar-refractivity contribution in [3.8, 4) is 11.8 Å². The first-order valence-corrected chi connectivity index (χ1v) is 7.57. The summed E-state index contributed by atoms with van der Waals surface area (Å²) < 4.78 is 5.80. The number of para-hydroxylation sites is 1. The van der Waals surface area contributed by atoms with Crippen molar-refractivity contribution >= 4 is 5.91 Å². The monoisotopic (exact) mass is 284 g/mol. The van der Waals surface area contributed by atoms with Gasteiger partial charge in [0.1, 0.15) is 11.3 Å². The van der Waals surface area contributed by atoms with Gasteiger partial charge in [-0.05, 0) is 50.2 Å². The number of hydrogen-bond acceptors (Lipinski definition) is 3. The van der Waals surface area contributed by atoms with E-state index in [-0.39, 0.29) is 5.91 Å². The smallest absolute Gasteiger partial charge is 0.258 e. The number of hydrogen-bond donors (Lipinski definition) is 0. The largest absolute Gasteiger partial charge is 0.492 e.